The van der Waals surface area contributed by atoms with Gasteiger partial charge in [0, 0.05) is 24.6 Å². The maximum absolute atomic E-state index is 12.5. The molecule has 1 N–H and O–H groups in total. The molecule has 8 nitrogen and oxygen atoms in total. The van der Waals surface area contributed by atoms with Crippen LogP contribution in [0.15, 0.2) is 24.5 Å². The molecule has 2 aliphatic carbocycles. The number of aromatic nitrogens is 2. The van der Waals surface area contributed by atoms with Crippen molar-refractivity contribution in [2.75, 3.05) is 43.1 Å². The molecule has 0 atom stereocenters. The predicted molar refractivity (Wildman–Crippen MR) is 121 cm³/mol. The van der Waals surface area contributed by atoms with E-state index in [4.69, 9.17) is 14.2 Å². The molecule has 2 saturated carbocycles. The molecule has 1 amide bonds. The number of hydrogen-bond donors (Lipinski definition) is 1. The highest BCUT2D eigenvalue weighted by Crippen LogP contribution is 2.40. The van der Waals surface area contributed by atoms with Crippen LogP contribution in [0.3, 0.4) is 0 Å². The molecule has 170 valence electrons. The molecule has 3 fully saturated rings. The summed E-state index contributed by atoms with van der Waals surface area (Å²) in [6, 6.07) is 3.73. The van der Waals surface area contributed by atoms with E-state index in [0.717, 1.165) is 37.9 Å². The van der Waals surface area contributed by atoms with Crippen LogP contribution >= 0.6 is 0 Å². The molecule has 32 heavy (non-hydrogen) atoms. The number of nitrogens with zero attached hydrogens (tertiary/aromatic N) is 3. The van der Waals surface area contributed by atoms with E-state index in [1.165, 1.54) is 12.8 Å². The van der Waals surface area contributed by atoms with Gasteiger partial charge in [-0.05, 0) is 50.7 Å². The number of rotatable bonds is 8. The van der Waals surface area contributed by atoms with Crippen LogP contribution in [0.2, 0.25) is 0 Å². The first kappa shape index (κ1) is 21.0. The second-order valence-electron chi connectivity index (χ2n) is 8.86. The molecule has 0 unspecified atom stereocenters. The van der Waals surface area contributed by atoms with E-state index in [9.17, 15) is 4.79 Å². The first-order valence-electron chi connectivity index (χ1n) is 11.6. The van der Waals surface area contributed by atoms with Gasteiger partial charge in [-0.15, -0.1) is 0 Å². The molecule has 1 aromatic carbocycles. The maximum Gasteiger partial charge on any atom is 0.227 e. The molecule has 0 bridgehead atoms. The van der Waals surface area contributed by atoms with E-state index in [1.54, 1.807) is 12.4 Å². The number of carbonyl (C=O) groups excluding carboxylic acids is 1. The number of nitrogens with one attached hydrogen (secondary N) is 1. The molecule has 0 radical (unpaired) electrons. The van der Waals surface area contributed by atoms with Gasteiger partial charge in [0.1, 0.15) is 11.5 Å². The Kier molecular flexibility index (Phi) is 6.12. The third kappa shape index (κ3) is 4.80. The van der Waals surface area contributed by atoms with E-state index >= 15 is 0 Å². The van der Waals surface area contributed by atoms with Gasteiger partial charge in [0.05, 0.1) is 37.9 Å². The Labute approximate surface area is 188 Å². The van der Waals surface area contributed by atoms with Crippen LogP contribution in [0.25, 0.3) is 0 Å². The fourth-order valence-corrected chi connectivity index (χ4v) is 3.88. The number of hydrogen-bond acceptors (Lipinski definition) is 7. The minimum absolute atomic E-state index is 0.0766. The fourth-order valence-electron chi connectivity index (χ4n) is 3.88. The molecule has 3 aliphatic rings. The lowest BCUT2D eigenvalue weighted by molar-refractivity contribution is -0.122. The van der Waals surface area contributed by atoms with Crippen molar-refractivity contribution < 1.29 is 19.0 Å². The van der Waals surface area contributed by atoms with Crippen LogP contribution < -0.4 is 19.7 Å². The molecule has 2 heterocycles. The molecule has 0 spiro atoms. The third-order valence-corrected chi connectivity index (χ3v) is 6.39. The second kappa shape index (κ2) is 9.32. The highest BCUT2D eigenvalue weighted by atomic mass is 16.5. The summed E-state index contributed by atoms with van der Waals surface area (Å²) in [5.41, 5.74) is 1.57. The van der Waals surface area contributed by atoms with Crippen LogP contribution in [0.4, 0.5) is 11.6 Å². The molecule has 2 aromatic rings. The van der Waals surface area contributed by atoms with E-state index in [-0.39, 0.29) is 11.8 Å². The molecule has 1 aliphatic heterocycles. The van der Waals surface area contributed by atoms with Crippen molar-refractivity contribution in [1.82, 2.24) is 9.97 Å². The summed E-state index contributed by atoms with van der Waals surface area (Å²) in [5, 5.41) is 3.07. The van der Waals surface area contributed by atoms with E-state index < -0.39 is 0 Å². The number of anilines is 2. The van der Waals surface area contributed by atoms with Gasteiger partial charge < -0.3 is 24.4 Å². The normalized spacial score (nSPS) is 18.7. The quantitative estimate of drug-likeness (QED) is 0.668. The minimum atomic E-state index is 0.0766. The van der Waals surface area contributed by atoms with Crippen LogP contribution in [0.5, 0.6) is 17.2 Å². The lowest BCUT2D eigenvalue weighted by Gasteiger charge is -2.26. The van der Waals surface area contributed by atoms with Crippen LogP contribution in [0, 0.1) is 18.8 Å². The van der Waals surface area contributed by atoms with E-state index in [1.807, 2.05) is 19.1 Å². The van der Waals surface area contributed by atoms with Crippen molar-refractivity contribution in [1.29, 1.82) is 0 Å². The van der Waals surface area contributed by atoms with Crippen molar-refractivity contribution >= 4 is 17.5 Å². The van der Waals surface area contributed by atoms with E-state index in [0.29, 0.717) is 54.6 Å². The number of benzene rings is 1. The lowest BCUT2D eigenvalue weighted by atomic mass is 9.85. The summed E-state index contributed by atoms with van der Waals surface area (Å²) < 4.78 is 17.6. The molecule has 1 saturated heterocycles. The molecule has 5 rings (SSSR count). The zero-order valence-corrected chi connectivity index (χ0v) is 18.5. The standard InChI is InChI=1S/C24H30N4O4/c1-16-21(32-19-13-25-24(26-14-19)28-9-11-30-12-10-28)8-7-20(22(16)31-15-17-5-6-17)27-23(29)18-3-2-4-18/h7-8,13-14,17-18H,2-6,9-12,15H2,1H3,(H,27,29). The van der Waals surface area contributed by atoms with Gasteiger partial charge in [-0.3, -0.25) is 4.79 Å². The minimum Gasteiger partial charge on any atom is -0.491 e. The zero-order chi connectivity index (χ0) is 21.9. The Balaban J connectivity index is 1.32. The fraction of sp³-hybridized carbons (Fsp3) is 0.542. The van der Waals surface area contributed by atoms with Crippen molar-refractivity contribution in [3.8, 4) is 17.2 Å². The molecular formula is C24H30N4O4. The summed E-state index contributed by atoms with van der Waals surface area (Å²) in [7, 11) is 0. The molecular weight excluding hydrogens is 408 g/mol. The van der Waals surface area contributed by atoms with Crippen molar-refractivity contribution in [2.45, 2.75) is 39.0 Å². The van der Waals surface area contributed by atoms with Gasteiger partial charge >= 0.3 is 0 Å². The summed E-state index contributed by atoms with van der Waals surface area (Å²) in [6.07, 6.45) is 8.83. The average molecular weight is 439 g/mol. The monoisotopic (exact) mass is 438 g/mol. The first-order chi connectivity index (χ1) is 15.7. The van der Waals surface area contributed by atoms with E-state index in [2.05, 4.69) is 20.2 Å². The third-order valence-electron chi connectivity index (χ3n) is 6.39. The van der Waals surface area contributed by atoms with Crippen LogP contribution in [-0.2, 0) is 9.53 Å². The molecule has 1 aromatic heterocycles. The first-order valence-corrected chi connectivity index (χ1v) is 11.6. The van der Waals surface area contributed by atoms with Gasteiger partial charge in [-0.25, -0.2) is 9.97 Å². The number of ether oxygens (including phenoxy) is 3. The summed E-state index contributed by atoms with van der Waals surface area (Å²) >= 11 is 0. The largest absolute Gasteiger partial charge is 0.491 e. The van der Waals surface area contributed by atoms with Gasteiger partial charge in [0.2, 0.25) is 11.9 Å². The van der Waals surface area contributed by atoms with Crippen LogP contribution in [0.1, 0.15) is 37.7 Å². The van der Waals surface area contributed by atoms with Crippen LogP contribution in [-0.4, -0.2) is 48.8 Å². The summed E-state index contributed by atoms with van der Waals surface area (Å²) in [5.74, 6) is 3.39. The number of morpholine rings is 1. The Morgan fingerprint density at radius 2 is 1.91 bits per heavy atom. The summed E-state index contributed by atoms with van der Waals surface area (Å²) in [4.78, 5) is 23.5. The average Bonchev–Trinajstić information content (AvgIpc) is 3.60. The topological polar surface area (TPSA) is 85.8 Å². The lowest BCUT2D eigenvalue weighted by Crippen LogP contribution is -2.37. The zero-order valence-electron chi connectivity index (χ0n) is 18.5. The van der Waals surface area contributed by atoms with Gasteiger partial charge in [0.25, 0.3) is 0 Å². The SMILES string of the molecule is Cc1c(Oc2cnc(N3CCOCC3)nc2)ccc(NC(=O)C2CCC2)c1OCC1CC1. The van der Waals surface area contributed by atoms with Crippen molar-refractivity contribution in [2.24, 2.45) is 11.8 Å². The highest BCUT2D eigenvalue weighted by molar-refractivity contribution is 5.94. The van der Waals surface area contributed by atoms with Gasteiger partial charge in [-0.2, -0.15) is 0 Å². The second-order valence-corrected chi connectivity index (χ2v) is 8.86. The van der Waals surface area contributed by atoms with Gasteiger partial charge in [-0.1, -0.05) is 6.42 Å². The maximum atomic E-state index is 12.5. The summed E-state index contributed by atoms with van der Waals surface area (Å²) in [6.45, 7) is 5.57. The smallest absolute Gasteiger partial charge is 0.227 e. The highest BCUT2D eigenvalue weighted by Gasteiger charge is 2.28. The molecule has 8 heteroatoms. The Bertz CT molecular complexity index is 951. The Morgan fingerprint density at radius 3 is 2.56 bits per heavy atom. The van der Waals surface area contributed by atoms with Crippen molar-refractivity contribution in [3.63, 3.8) is 0 Å². The Morgan fingerprint density at radius 1 is 1.16 bits per heavy atom. The number of amides is 1. The van der Waals surface area contributed by atoms with Gasteiger partial charge in [0.15, 0.2) is 5.75 Å². The Hall–Kier alpha value is -2.87. The predicted octanol–water partition coefficient (Wildman–Crippen LogP) is 3.94. The number of carbonyl (C=O) groups is 1. The van der Waals surface area contributed by atoms with Crippen molar-refractivity contribution in [3.05, 3.63) is 30.1 Å².